The predicted octanol–water partition coefficient (Wildman–Crippen LogP) is 4.65. The van der Waals surface area contributed by atoms with Gasteiger partial charge in [0.05, 0.1) is 29.7 Å². The minimum absolute atomic E-state index is 0.299. The molecule has 11 heteroatoms. The van der Waals surface area contributed by atoms with Crippen LogP contribution in [0.4, 0.5) is 27.4 Å². The molecule has 2 N–H and O–H groups in total. The van der Waals surface area contributed by atoms with E-state index < -0.39 is 0 Å². The molecule has 4 heterocycles. The van der Waals surface area contributed by atoms with Gasteiger partial charge in [0.25, 0.3) is 0 Å². The van der Waals surface area contributed by atoms with Crippen molar-refractivity contribution in [3.05, 3.63) is 73.3 Å². The third kappa shape index (κ3) is 6.18. The molecule has 1 amide bonds. The highest BCUT2D eigenvalue weighted by Gasteiger charge is 2.28. The Labute approximate surface area is 250 Å². The van der Waals surface area contributed by atoms with Crippen LogP contribution in [0.2, 0.25) is 0 Å². The van der Waals surface area contributed by atoms with Crippen LogP contribution in [0.1, 0.15) is 12.8 Å². The fourth-order valence-corrected chi connectivity index (χ4v) is 6.03. The fourth-order valence-electron chi connectivity index (χ4n) is 6.03. The summed E-state index contributed by atoms with van der Waals surface area (Å²) in [6, 6.07) is 12.7. The normalized spacial score (nSPS) is 16.8. The molecule has 2 aromatic carbocycles. The smallest absolute Gasteiger partial charge is 0.247 e. The highest BCUT2D eigenvalue weighted by Crippen LogP contribution is 2.39. The van der Waals surface area contributed by atoms with Crippen LogP contribution in [-0.2, 0) is 4.79 Å². The molecule has 2 aliphatic rings. The Kier molecular flexibility index (Phi) is 8.26. The number of hydrogen-bond donors (Lipinski definition) is 2. The SMILES string of the molecule is C=CC(=O)Nc1cc(Nc2nccc(-n3ccc4ccc(F)cc43)n2)c(OC)cc1N1CCN(C2CCN(C)CC2)CC1. The number of piperazine rings is 1. The molecule has 0 unspecified atom stereocenters. The van der Waals surface area contributed by atoms with Gasteiger partial charge in [0.2, 0.25) is 11.9 Å². The van der Waals surface area contributed by atoms with E-state index >= 15 is 0 Å². The number of halogens is 1. The molecule has 224 valence electrons. The van der Waals surface area contributed by atoms with Crippen LogP contribution in [0.25, 0.3) is 16.7 Å². The summed E-state index contributed by atoms with van der Waals surface area (Å²) in [5.74, 6) is 0.882. The number of ether oxygens (including phenoxy) is 1. The van der Waals surface area contributed by atoms with Crippen LogP contribution in [0.3, 0.4) is 0 Å². The summed E-state index contributed by atoms with van der Waals surface area (Å²) in [6.07, 6.45) is 7.15. The number of nitrogens with one attached hydrogen (secondary N) is 2. The van der Waals surface area contributed by atoms with Crippen LogP contribution in [0.5, 0.6) is 5.75 Å². The number of benzene rings is 2. The first-order chi connectivity index (χ1) is 20.9. The molecule has 2 saturated heterocycles. The van der Waals surface area contributed by atoms with Gasteiger partial charge in [-0.05, 0) is 75.5 Å². The number of rotatable bonds is 8. The Morgan fingerprint density at radius 2 is 1.84 bits per heavy atom. The summed E-state index contributed by atoms with van der Waals surface area (Å²) in [5, 5.41) is 7.14. The van der Waals surface area contributed by atoms with Gasteiger partial charge in [-0.15, -0.1) is 0 Å². The maximum Gasteiger partial charge on any atom is 0.247 e. The average molecular weight is 585 g/mol. The van der Waals surface area contributed by atoms with E-state index in [0.717, 1.165) is 50.3 Å². The van der Waals surface area contributed by atoms with Gasteiger partial charge in [-0.25, -0.2) is 9.37 Å². The number of amides is 1. The lowest BCUT2D eigenvalue weighted by Crippen LogP contribution is -2.53. The number of carbonyl (C=O) groups excluding carboxylic acids is 1. The van der Waals surface area contributed by atoms with E-state index in [-0.39, 0.29) is 11.7 Å². The monoisotopic (exact) mass is 584 g/mol. The second-order valence-electron chi connectivity index (χ2n) is 11.1. The van der Waals surface area contributed by atoms with E-state index in [9.17, 15) is 9.18 Å². The summed E-state index contributed by atoms with van der Waals surface area (Å²) >= 11 is 0. The van der Waals surface area contributed by atoms with Crippen LogP contribution < -0.4 is 20.3 Å². The standard InChI is InChI=1S/C32H37FN8O2/c1-4-31(42)35-25-20-26(36-32-34-11-7-30(37-32)41-14-8-22-5-6-23(33)19-27(22)41)29(43-3)21-28(25)40-17-15-39(16-18-40)24-9-12-38(2)13-10-24/h4-8,11,14,19-21,24H,1,9-10,12-13,15-18H2,2-3H3,(H,35,42)(H,34,36,37). The number of aromatic nitrogens is 3. The summed E-state index contributed by atoms with van der Waals surface area (Å²) < 4.78 is 21.6. The van der Waals surface area contributed by atoms with Gasteiger partial charge in [-0.1, -0.05) is 6.58 Å². The van der Waals surface area contributed by atoms with Crippen molar-refractivity contribution in [1.29, 1.82) is 0 Å². The topological polar surface area (TPSA) is 90.8 Å². The molecule has 2 fully saturated rings. The Hall–Kier alpha value is -4.48. The van der Waals surface area contributed by atoms with Crippen molar-refractivity contribution < 1.29 is 13.9 Å². The van der Waals surface area contributed by atoms with E-state index in [4.69, 9.17) is 4.74 Å². The Bertz CT molecular complexity index is 1620. The van der Waals surface area contributed by atoms with Crippen LogP contribution >= 0.6 is 0 Å². The molecule has 43 heavy (non-hydrogen) atoms. The lowest BCUT2D eigenvalue weighted by atomic mass is 10.0. The van der Waals surface area contributed by atoms with E-state index in [1.165, 1.54) is 31.1 Å². The maximum atomic E-state index is 14.0. The second-order valence-corrected chi connectivity index (χ2v) is 11.1. The zero-order valence-corrected chi connectivity index (χ0v) is 24.6. The maximum absolute atomic E-state index is 14.0. The molecule has 10 nitrogen and oxygen atoms in total. The Morgan fingerprint density at radius 1 is 1.05 bits per heavy atom. The molecular formula is C32H37FN8O2. The number of hydrogen-bond acceptors (Lipinski definition) is 8. The number of piperidine rings is 1. The summed E-state index contributed by atoms with van der Waals surface area (Å²) in [5.41, 5.74) is 2.83. The quantitative estimate of drug-likeness (QED) is 0.289. The molecule has 0 saturated carbocycles. The number of likely N-dealkylation sites (tertiary alicyclic amines) is 1. The first kappa shape index (κ1) is 28.6. The van der Waals surface area contributed by atoms with Gasteiger partial charge in [-0.2, -0.15) is 4.98 Å². The van der Waals surface area contributed by atoms with Crippen molar-refractivity contribution in [3.63, 3.8) is 0 Å². The van der Waals surface area contributed by atoms with Crippen LogP contribution in [0.15, 0.2) is 67.5 Å². The highest BCUT2D eigenvalue weighted by atomic mass is 19.1. The first-order valence-corrected chi connectivity index (χ1v) is 14.6. The highest BCUT2D eigenvalue weighted by molar-refractivity contribution is 6.02. The van der Waals surface area contributed by atoms with Crippen molar-refractivity contribution in [3.8, 4) is 11.6 Å². The zero-order chi connectivity index (χ0) is 29.9. The minimum Gasteiger partial charge on any atom is -0.494 e. The largest absolute Gasteiger partial charge is 0.494 e. The molecule has 2 aliphatic heterocycles. The van der Waals surface area contributed by atoms with Gasteiger partial charge in [0.15, 0.2) is 0 Å². The first-order valence-electron chi connectivity index (χ1n) is 14.6. The lowest BCUT2D eigenvalue weighted by Gasteiger charge is -2.43. The van der Waals surface area contributed by atoms with Crippen LogP contribution in [0, 0.1) is 5.82 Å². The average Bonchev–Trinajstić information content (AvgIpc) is 3.45. The molecule has 6 rings (SSSR count). The zero-order valence-electron chi connectivity index (χ0n) is 24.6. The van der Waals surface area contributed by atoms with Gasteiger partial charge < -0.3 is 29.7 Å². The molecule has 2 aromatic heterocycles. The number of anilines is 4. The van der Waals surface area contributed by atoms with E-state index in [1.807, 2.05) is 29.0 Å². The lowest BCUT2D eigenvalue weighted by molar-refractivity contribution is -0.111. The summed E-state index contributed by atoms with van der Waals surface area (Å²) in [7, 11) is 3.80. The molecule has 0 bridgehead atoms. The third-order valence-electron chi connectivity index (χ3n) is 8.41. The number of nitrogens with zero attached hydrogens (tertiary/aromatic N) is 6. The fraction of sp³-hybridized carbons (Fsp3) is 0.344. The predicted molar refractivity (Wildman–Crippen MR) is 168 cm³/mol. The van der Waals surface area contributed by atoms with E-state index in [2.05, 4.69) is 48.9 Å². The third-order valence-corrected chi connectivity index (χ3v) is 8.41. The minimum atomic E-state index is -0.318. The Morgan fingerprint density at radius 3 is 2.58 bits per heavy atom. The van der Waals surface area contributed by atoms with Gasteiger partial charge in [0, 0.05) is 56.1 Å². The number of fused-ring (bicyclic) bond motifs is 1. The molecule has 0 aliphatic carbocycles. The number of methoxy groups -OCH3 is 1. The van der Waals surface area contributed by atoms with Crippen molar-refractivity contribution in [2.45, 2.75) is 18.9 Å². The summed E-state index contributed by atoms with van der Waals surface area (Å²) in [4.78, 5) is 28.9. The molecule has 0 atom stereocenters. The Balaban J connectivity index is 1.26. The number of carbonyl (C=O) groups is 1. The molecule has 0 spiro atoms. The molecule has 0 radical (unpaired) electrons. The van der Waals surface area contributed by atoms with Gasteiger partial charge in [-0.3, -0.25) is 9.69 Å². The van der Waals surface area contributed by atoms with Gasteiger partial charge >= 0.3 is 0 Å². The van der Waals surface area contributed by atoms with E-state index in [1.54, 1.807) is 25.4 Å². The van der Waals surface area contributed by atoms with Crippen molar-refractivity contribution in [2.24, 2.45) is 0 Å². The van der Waals surface area contributed by atoms with Crippen molar-refractivity contribution in [2.75, 3.05) is 69.0 Å². The van der Waals surface area contributed by atoms with Crippen molar-refractivity contribution in [1.82, 2.24) is 24.3 Å². The molecular weight excluding hydrogens is 547 g/mol. The van der Waals surface area contributed by atoms with E-state index in [0.29, 0.717) is 40.4 Å². The van der Waals surface area contributed by atoms with Gasteiger partial charge in [0.1, 0.15) is 17.4 Å². The van der Waals surface area contributed by atoms with Crippen molar-refractivity contribution >= 4 is 39.8 Å². The second kappa shape index (κ2) is 12.4. The summed E-state index contributed by atoms with van der Waals surface area (Å²) in [6.45, 7) is 9.52. The van der Waals surface area contributed by atoms with Crippen LogP contribution in [-0.4, -0.2) is 89.7 Å². The molecule has 4 aromatic rings.